The second-order valence-corrected chi connectivity index (χ2v) is 3.11. The molecular weight excluding hydrogens is 264 g/mol. The van der Waals surface area contributed by atoms with E-state index in [0.717, 1.165) is 0 Å². The lowest BCUT2D eigenvalue weighted by Crippen LogP contribution is -2.10. The van der Waals surface area contributed by atoms with Crippen LogP contribution in [-0.4, -0.2) is 37.9 Å². The number of aliphatic carboxylic acids is 1. The van der Waals surface area contributed by atoms with Crippen molar-refractivity contribution in [3.8, 4) is 5.75 Å². The van der Waals surface area contributed by atoms with Crippen LogP contribution in [0.15, 0.2) is 6.20 Å². The largest absolute Gasteiger partial charge is 0.506 e. The van der Waals surface area contributed by atoms with Crippen molar-refractivity contribution in [2.45, 2.75) is 20.1 Å². The van der Waals surface area contributed by atoms with Gasteiger partial charge in [-0.2, -0.15) is 0 Å². The van der Waals surface area contributed by atoms with Crippen molar-refractivity contribution in [1.29, 1.82) is 0 Å². The summed E-state index contributed by atoms with van der Waals surface area (Å²) in [7, 11) is 0. The number of carboxylic acid groups (broad SMARTS) is 1. The molecule has 1 rings (SSSR count). The van der Waals surface area contributed by atoms with Gasteiger partial charge in [-0.05, 0) is 6.92 Å². The predicted octanol–water partition coefficient (Wildman–Crippen LogP) is -0.468. The summed E-state index contributed by atoms with van der Waals surface area (Å²) in [6, 6.07) is 0. The molecule has 0 saturated heterocycles. The van der Waals surface area contributed by atoms with Crippen molar-refractivity contribution in [3.63, 3.8) is 0 Å². The molecule has 0 saturated carbocycles. The zero-order valence-corrected chi connectivity index (χ0v) is 10.6. The third-order valence-electron chi connectivity index (χ3n) is 1.93. The maximum Gasteiger partial charge on any atom is 0.317 e. The molecule has 0 amide bonds. The molecule has 0 aliphatic rings. The van der Waals surface area contributed by atoms with Crippen LogP contribution in [0.3, 0.4) is 0 Å². The minimum Gasteiger partial charge on any atom is -0.506 e. The normalized spacial score (nSPS) is 8.89. The number of aliphatic hydroxyl groups excluding tert-OH is 2. The van der Waals surface area contributed by atoms with E-state index in [9.17, 15) is 9.90 Å². The molecular formula is C10H17ClN2O5. The zero-order chi connectivity index (χ0) is 13.4. The number of halogens is 1. The number of nitrogens with two attached hydrogens (primary N) is 1. The van der Waals surface area contributed by atoms with Crippen molar-refractivity contribution in [2.24, 2.45) is 5.73 Å². The van der Waals surface area contributed by atoms with E-state index in [-0.39, 0.29) is 37.9 Å². The van der Waals surface area contributed by atoms with E-state index >= 15 is 0 Å². The molecule has 0 radical (unpaired) electrons. The fourth-order valence-corrected chi connectivity index (χ4v) is 0.997. The Morgan fingerprint density at radius 3 is 2.22 bits per heavy atom. The summed E-state index contributed by atoms with van der Waals surface area (Å²) >= 11 is 0. The van der Waals surface area contributed by atoms with Gasteiger partial charge >= 0.3 is 5.97 Å². The van der Waals surface area contributed by atoms with E-state index in [4.69, 9.17) is 15.3 Å². The molecule has 0 bridgehead atoms. The topological polar surface area (TPSA) is 137 Å². The van der Waals surface area contributed by atoms with Gasteiger partial charge in [-0.3, -0.25) is 9.78 Å². The molecule has 0 unspecified atom stereocenters. The fourth-order valence-electron chi connectivity index (χ4n) is 0.997. The van der Waals surface area contributed by atoms with Crippen molar-refractivity contribution in [3.05, 3.63) is 23.0 Å². The quantitative estimate of drug-likeness (QED) is 0.505. The summed E-state index contributed by atoms with van der Waals surface area (Å²) in [6.07, 6.45) is 1.45. The van der Waals surface area contributed by atoms with Gasteiger partial charge < -0.3 is 26.2 Å². The van der Waals surface area contributed by atoms with Gasteiger partial charge in [0.25, 0.3) is 0 Å². The number of hydrogen-bond donors (Lipinski definition) is 5. The second-order valence-electron chi connectivity index (χ2n) is 3.11. The van der Waals surface area contributed by atoms with Crippen LogP contribution in [0.4, 0.5) is 0 Å². The molecule has 18 heavy (non-hydrogen) atoms. The number of aryl methyl sites for hydroxylation is 1. The van der Waals surface area contributed by atoms with Gasteiger partial charge in [0.05, 0.1) is 25.5 Å². The van der Waals surface area contributed by atoms with Crippen LogP contribution in [0.2, 0.25) is 0 Å². The number of aliphatic hydroxyl groups is 2. The molecule has 8 heteroatoms. The first-order valence-corrected chi connectivity index (χ1v) is 4.77. The lowest BCUT2D eigenvalue weighted by atomic mass is 10.1. The Kier molecular flexibility index (Phi) is 10.1. The minimum atomic E-state index is -0.968. The van der Waals surface area contributed by atoms with Gasteiger partial charge in [-0.25, -0.2) is 0 Å². The maximum absolute atomic E-state index is 9.38. The van der Waals surface area contributed by atoms with Gasteiger partial charge in [-0.15, -0.1) is 12.4 Å². The standard InChI is InChI=1S/C8H11NO3.C2H5NO2.ClH/c1-5-8(12)7(4-11)6(3-10)2-9-5;3-1-2(4)5;/h2,10-12H,3-4H2,1H3;1,3H2,(H,4,5);1H. The Bertz CT molecular complexity index is 387. The van der Waals surface area contributed by atoms with Crippen LogP contribution in [0.5, 0.6) is 5.75 Å². The first kappa shape index (κ1) is 18.9. The first-order valence-electron chi connectivity index (χ1n) is 4.77. The molecule has 7 nitrogen and oxygen atoms in total. The average molecular weight is 281 g/mol. The SMILES string of the molecule is Cc1ncc(CO)c(CO)c1O.Cl.NCC(=O)O. The summed E-state index contributed by atoms with van der Waals surface area (Å²) in [6.45, 7) is 0.845. The monoisotopic (exact) mass is 280 g/mol. The number of rotatable bonds is 3. The fraction of sp³-hybridized carbons (Fsp3) is 0.400. The van der Waals surface area contributed by atoms with Crippen LogP contribution in [0.1, 0.15) is 16.8 Å². The highest BCUT2D eigenvalue weighted by molar-refractivity contribution is 5.85. The molecule has 0 aromatic carbocycles. The zero-order valence-electron chi connectivity index (χ0n) is 9.83. The van der Waals surface area contributed by atoms with Crippen molar-refractivity contribution in [2.75, 3.05) is 6.54 Å². The van der Waals surface area contributed by atoms with Gasteiger partial charge in [-0.1, -0.05) is 0 Å². The van der Waals surface area contributed by atoms with E-state index < -0.39 is 5.97 Å². The number of aromatic hydroxyl groups is 1. The van der Waals surface area contributed by atoms with E-state index in [1.807, 2.05) is 0 Å². The summed E-state index contributed by atoms with van der Waals surface area (Å²) in [5.74, 6) is -1.01. The molecule has 1 aromatic heterocycles. The summed E-state index contributed by atoms with van der Waals surface area (Å²) in [4.78, 5) is 13.1. The van der Waals surface area contributed by atoms with E-state index in [1.165, 1.54) is 6.20 Å². The van der Waals surface area contributed by atoms with Crippen LogP contribution in [-0.2, 0) is 18.0 Å². The van der Waals surface area contributed by atoms with Crippen LogP contribution >= 0.6 is 12.4 Å². The molecule has 1 aromatic rings. The van der Waals surface area contributed by atoms with E-state index in [2.05, 4.69) is 10.7 Å². The Balaban J connectivity index is 0. The molecule has 0 spiro atoms. The Morgan fingerprint density at radius 2 is 1.89 bits per heavy atom. The number of pyridine rings is 1. The second kappa shape index (κ2) is 9.60. The lowest BCUT2D eigenvalue weighted by Gasteiger charge is -2.07. The van der Waals surface area contributed by atoms with Gasteiger partial charge in [0.15, 0.2) is 0 Å². The number of aromatic nitrogens is 1. The predicted molar refractivity (Wildman–Crippen MR) is 66.4 cm³/mol. The highest BCUT2D eigenvalue weighted by atomic mass is 35.5. The van der Waals surface area contributed by atoms with Gasteiger partial charge in [0.2, 0.25) is 0 Å². The molecule has 104 valence electrons. The maximum atomic E-state index is 9.38. The first-order chi connectivity index (χ1) is 7.97. The molecule has 0 aliphatic heterocycles. The molecule has 0 atom stereocenters. The molecule has 1 heterocycles. The van der Waals surface area contributed by atoms with Gasteiger partial charge in [0, 0.05) is 17.3 Å². The van der Waals surface area contributed by atoms with Crippen LogP contribution < -0.4 is 5.73 Å². The Morgan fingerprint density at radius 1 is 1.39 bits per heavy atom. The number of carboxylic acids is 1. The molecule has 0 aliphatic carbocycles. The van der Waals surface area contributed by atoms with Crippen molar-refractivity contribution < 1.29 is 25.2 Å². The lowest BCUT2D eigenvalue weighted by molar-refractivity contribution is -0.135. The highest BCUT2D eigenvalue weighted by Crippen LogP contribution is 2.23. The summed E-state index contributed by atoms with van der Waals surface area (Å²) < 4.78 is 0. The van der Waals surface area contributed by atoms with E-state index in [0.29, 0.717) is 16.8 Å². The van der Waals surface area contributed by atoms with Crippen molar-refractivity contribution >= 4 is 18.4 Å². The average Bonchev–Trinajstić information content (AvgIpc) is 2.33. The Labute approximate surface area is 110 Å². The number of carbonyl (C=O) groups is 1. The highest BCUT2D eigenvalue weighted by Gasteiger charge is 2.09. The van der Waals surface area contributed by atoms with Crippen LogP contribution in [0.25, 0.3) is 0 Å². The van der Waals surface area contributed by atoms with E-state index in [1.54, 1.807) is 6.92 Å². The number of nitrogens with zero attached hydrogens (tertiary/aromatic N) is 1. The third kappa shape index (κ3) is 5.78. The molecule has 0 fully saturated rings. The minimum absolute atomic E-state index is 0. The number of hydrogen-bond acceptors (Lipinski definition) is 6. The summed E-state index contributed by atoms with van der Waals surface area (Å²) in [5.41, 5.74) is 5.84. The summed E-state index contributed by atoms with van der Waals surface area (Å²) in [5, 5.41) is 34.6. The Hall–Kier alpha value is -1.41. The molecule has 6 N–H and O–H groups in total. The van der Waals surface area contributed by atoms with Gasteiger partial charge in [0.1, 0.15) is 5.75 Å². The van der Waals surface area contributed by atoms with Crippen molar-refractivity contribution in [1.82, 2.24) is 4.98 Å². The third-order valence-corrected chi connectivity index (χ3v) is 1.93. The van der Waals surface area contributed by atoms with Crippen LogP contribution in [0, 0.1) is 6.92 Å². The smallest absolute Gasteiger partial charge is 0.317 e.